The summed E-state index contributed by atoms with van der Waals surface area (Å²) >= 11 is 1.31. The number of amidine groups is 1. The lowest BCUT2D eigenvalue weighted by molar-refractivity contribution is -0.119. The SMILES string of the molecule is Cc1cc(C)cc(N2C(=NC(=O)C(Cc3ccccc3)NC(=O)OC(C)(C)C)SC3CS(=O)(=O)CC32)c1. The number of fused-ring (bicyclic) bond motifs is 1. The number of carbonyl (C=O) groups is 2. The van der Waals surface area contributed by atoms with Gasteiger partial charge in [-0.2, -0.15) is 4.99 Å². The van der Waals surface area contributed by atoms with Gasteiger partial charge in [0.1, 0.15) is 11.6 Å². The van der Waals surface area contributed by atoms with Crippen LogP contribution in [0.15, 0.2) is 53.5 Å². The summed E-state index contributed by atoms with van der Waals surface area (Å²) in [7, 11) is -3.18. The van der Waals surface area contributed by atoms with Crippen molar-refractivity contribution in [3.05, 3.63) is 65.2 Å². The van der Waals surface area contributed by atoms with Crippen molar-refractivity contribution in [2.24, 2.45) is 4.99 Å². The topological polar surface area (TPSA) is 105 Å². The normalized spacial score (nSPS) is 22.5. The first-order chi connectivity index (χ1) is 17.3. The number of nitrogens with one attached hydrogen (secondary N) is 1. The summed E-state index contributed by atoms with van der Waals surface area (Å²) in [6.45, 7) is 9.22. The minimum absolute atomic E-state index is 0.00840. The molecule has 0 aliphatic carbocycles. The fraction of sp³-hybridized carbons (Fsp3) is 0.444. The lowest BCUT2D eigenvalue weighted by Crippen LogP contribution is -2.45. The molecule has 2 aliphatic heterocycles. The zero-order valence-electron chi connectivity index (χ0n) is 21.7. The molecule has 0 saturated carbocycles. The lowest BCUT2D eigenvalue weighted by atomic mass is 10.1. The largest absolute Gasteiger partial charge is 0.444 e. The summed E-state index contributed by atoms with van der Waals surface area (Å²) in [5.41, 5.74) is 3.01. The Labute approximate surface area is 222 Å². The first-order valence-corrected chi connectivity index (χ1v) is 14.9. The van der Waals surface area contributed by atoms with Gasteiger partial charge in [0.25, 0.3) is 5.91 Å². The molecule has 198 valence electrons. The van der Waals surface area contributed by atoms with Crippen LogP contribution in [0.2, 0.25) is 0 Å². The summed E-state index contributed by atoms with van der Waals surface area (Å²) in [5, 5.41) is 2.92. The van der Waals surface area contributed by atoms with Crippen molar-refractivity contribution in [1.82, 2.24) is 5.32 Å². The Bertz CT molecular complexity index is 1300. The number of carbonyl (C=O) groups excluding carboxylic acids is 2. The van der Waals surface area contributed by atoms with E-state index in [0.29, 0.717) is 5.17 Å². The van der Waals surface area contributed by atoms with Gasteiger partial charge in [-0.05, 0) is 63.4 Å². The molecule has 2 heterocycles. The number of nitrogens with zero attached hydrogens (tertiary/aromatic N) is 2. The number of ether oxygens (including phenoxy) is 1. The third-order valence-corrected chi connectivity index (χ3v) is 9.24. The average molecular weight is 544 g/mol. The quantitative estimate of drug-likeness (QED) is 0.607. The molecule has 3 atom stereocenters. The van der Waals surface area contributed by atoms with Crippen molar-refractivity contribution < 1.29 is 22.7 Å². The molecule has 0 bridgehead atoms. The Morgan fingerprint density at radius 2 is 1.76 bits per heavy atom. The smallest absolute Gasteiger partial charge is 0.408 e. The van der Waals surface area contributed by atoms with Crippen LogP contribution in [0.3, 0.4) is 0 Å². The molecule has 2 aromatic carbocycles. The molecule has 10 heteroatoms. The molecule has 2 aliphatic rings. The van der Waals surface area contributed by atoms with E-state index in [1.807, 2.05) is 67.3 Å². The van der Waals surface area contributed by atoms with Gasteiger partial charge in [0, 0.05) is 17.4 Å². The monoisotopic (exact) mass is 543 g/mol. The van der Waals surface area contributed by atoms with Crippen LogP contribution in [-0.4, -0.2) is 60.0 Å². The number of hydrogen-bond acceptors (Lipinski definition) is 6. The van der Waals surface area contributed by atoms with Crippen LogP contribution in [0.5, 0.6) is 0 Å². The molecule has 2 fully saturated rings. The first kappa shape index (κ1) is 27.2. The van der Waals surface area contributed by atoms with Crippen LogP contribution < -0.4 is 10.2 Å². The van der Waals surface area contributed by atoms with Gasteiger partial charge < -0.3 is 15.0 Å². The third kappa shape index (κ3) is 6.93. The predicted octanol–water partition coefficient (Wildman–Crippen LogP) is 4.04. The van der Waals surface area contributed by atoms with E-state index in [2.05, 4.69) is 10.3 Å². The summed E-state index contributed by atoms with van der Waals surface area (Å²) < 4.78 is 30.2. The molecular formula is C27H33N3O5S2. The van der Waals surface area contributed by atoms with Crippen molar-refractivity contribution in [3.63, 3.8) is 0 Å². The number of anilines is 1. The Morgan fingerprint density at radius 3 is 2.38 bits per heavy atom. The van der Waals surface area contributed by atoms with Crippen LogP contribution in [0.4, 0.5) is 10.5 Å². The van der Waals surface area contributed by atoms with Crippen LogP contribution in [-0.2, 0) is 25.8 Å². The van der Waals surface area contributed by atoms with Crippen molar-refractivity contribution in [1.29, 1.82) is 0 Å². The molecule has 1 N–H and O–H groups in total. The molecule has 0 aromatic heterocycles. The van der Waals surface area contributed by atoms with Gasteiger partial charge in [0.15, 0.2) is 15.0 Å². The molecule has 2 amide bonds. The highest BCUT2D eigenvalue weighted by atomic mass is 32.2. The highest BCUT2D eigenvalue weighted by Gasteiger charge is 2.49. The fourth-order valence-electron chi connectivity index (χ4n) is 4.63. The number of amides is 2. The molecule has 0 radical (unpaired) electrons. The van der Waals surface area contributed by atoms with Gasteiger partial charge in [-0.1, -0.05) is 48.2 Å². The number of rotatable bonds is 5. The van der Waals surface area contributed by atoms with E-state index in [-0.39, 0.29) is 29.2 Å². The highest BCUT2D eigenvalue weighted by Crippen LogP contribution is 2.41. The molecule has 4 rings (SSSR count). The number of sulfone groups is 1. The lowest BCUT2D eigenvalue weighted by Gasteiger charge is -2.26. The zero-order valence-corrected chi connectivity index (χ0v) is 23.4. The van der Waals surface area contributed by atoms with Gasteiger partial charge >= 0.3 is 6.09 Å². The van der Waals surface area contributed by atoms with Crippen molar-refractivity contribution in [2.45, 2.75) is 64.0 Å². The predicted molar refractivity (Wildman–Crippen MR) is 148 cm³/mol. The van der Waals surface area contributed by atoms with Gasteiger partial charge in [-0.15, -0.1) is 0 Å². The molecular weight excluding hydrogens is 510 g/mol. The Kier molecular flexibility index (Phi) is 7.71. The molecule has 8 nitrogen and oxygen atoms in total. The van der Waals surface area contributed by atoms with Crippen LogP contribution in [0, 0.1) is 13.8 Å². The first-order valence-electron chi connectivity index (χ1n) is 12.2. The molecule has 2 saturated heterocycles. The minimum Gasteiger partial charge on any atom is -0.444 e. The molecule has 2 aromatic rings. The second-order valence-electron chi connectivity index (χ2n) is 10.6. The summed E-state index contributed by atoms with van der Waals surface area (Å²) in [5.74, 6) is -0.469. The standard InChI is InChI=1S/C27H33N3O5S2/c1-17-11-18(2)13-20(12-17)30-22-15-37(33,34)16-23(22)36-25(30)29-24(31)21(14-19-9-7-6-8-10-19)28-26(32)35-27(3,4)5/h6-13,21-23H,14-16H2,1-5H3,(H,28,32). The second kappa shape index (κ2) is 10.5. The van der Waals surface area contributed by atoms with Crippen molar-refractivity contribution in [2.75, 3.05) is 16.4 Å². The highest BCUT2D eigenvalue weighted by molar-refractivity contribution is 8.16. The van der Waals surface area contributed by atoms with E-state index in [1.165, 1.54) is 11.8 Å². The molecule has 3 unspecified atom stereocenters. The van der Waals surface area contributed by atoms with E-state index in [1.54, 1.807) is 20.8 Å². The summed E-state index contributed by atoms with van der Waals surface area (Å²) in [4.78, 5) is 32.5. The Hall–Kier alpha value is -2.85. The van der Waals surface area contributed by atoms with Crippen molar-refractivity contribution in [3.8, 4) is 0 Å². The number of thioether (sulfide) groups is 1. The second-order valence-corrected chi connectivity index (χ2v) is 14.0. The van der Waals surface area contributed by atoms with Gasteiger partial charge in [-0.3, -0.25) is 4.79 Å². The number of alkyl carbamates (subject to hydrolysis) is 1. The average Bonchev–Trinajstić information content (AvgIpc) is 3.22. The zero-order chi connectivity index (χ0) is 27.0. The molecule has 37 heavy (non-hydrogen) atoms. The van der Waals surface area contributed by atoms with Crippen LogP contribution in [0.1, 0.15) is 37.5 Å². The van der Waals surface area contributed by atoms with Gasteiger partial charge in [0.05, 0.1) is 17.5 Å². The Morgan fingerprint density at radius 1 is 1.11 bits per heavy atom. The maximum Gasteiger partial charge on any atom is 0.408 e. The maximum atomic E-state index is 13.5. The van der Waals surface area contributed by atoms with Crippen molar-refractivity contribution >= 4 is 44.5 Å². The van der Waals surface area contributed by atoms with E-state index < -0.39 is 33.5 Å². The Balaban J connectivity index is 1.67. The van der Waals surface area contributed by atoms with Gasteiger partial charge in [-0.25, -0.2) is 13.2 Å². The molecule has 0 spiro atoms. The fourth-order valence-corrected chi connectivity index (χ4v) is 8.55. The number of hydrogen-bond donors (Lipinski definition) is 1. The van der Waals surface area contributed by atoms with E-state index in [9.17, 15) is 18.0 Å². The number of aryl methyl sites for hydroxylation is 2. The van der Waals surface area contributed by atoms with Gasteiger partial charge in [0.2, 0.25) is 0 Å². The summed E-state index contributed by atoms with van der Waals surface area (Å²) in [6, 6.07) is 14.1. The van der Waals surface area contributed by atoms with E-state index >= 15 is 0 Å². The van der Waals surface area contributed by atoms with Crippen LogP contribution in [0.25, 0.3) is 0 Å². The third-order valence-electron chi connectivity index (χ3n) is 6.03. The van der Waals surface area contributed by atoms with E-state index in [0.717, 1.165) is 22.4 Å². The minimum atomic E-state index is -3.18. The van der Waals surface area contributed by atoms with E-state index in [4.69, 9.17) is 4.74 Å². The van der Waals surface area contributed by atoms with Crippen LogP contribution >= 0.6 is 11.8 Å². The number of benzene rings is 2. The maximum absolute atomic E-state index is 13.5. The number of aliphatic imine (C=N–C) groups is 1. The summed E-state index contributed by atoms with van der Waals surface area (Å²) in [6.07, 6.45) is -0.458.